The number of carbonyl (C=O) groups is 1. The minimum Gasteiger partial charge on any atom is -0.305 e. The quantitative estimate of drug-likeness (QED) is 0.680. The maximum absolute atomic E-state index is 12.1. The van der Waals surface area contributed by atoms with Crippen LogP contribution >= 0.6 is 0 Å². The number of nitrogens with one attached hydrogen (secondary N) is 3. The van der Waals surface area contributed by atoms with E-state index in [4.69, 9.17) is 0 Å². The third-order valence-corrected chi connectivity index (χ3v) is 2.96. The monoisotopic (exact) mass is 267 g/mol. The number of aromatic amines is 2. The molecule has 3 N–H and O–H groups in total. The number of benzene rings is 1. The second kappa shape index (κ2) is 5.00. The second-order valence-corrected chi connectivity index (χ2v) is 4.42. The summed E-state index contributed by atoms with van der Waals surface area (Å²) < 4.78 is 0. The smallest absolute Gasteiger partial charge is 0.274 e. The van der Waals surface area contributed by atoms with Gasteiger partial charge in [0.05, 0.1) is 11.9 Å². The number of H-pyrrole nitrogens is 2. The average Bonchev–Trinajstić information content (AvgIpc) is 3.10. The number of anilines is 1. The fraction of sp³-hybridized carbons (Fsp3) is 0.0714. The first kappa shape index (κ1) is 12.2. The standard InChI is InChI=1S/C14H13N5O/c1-9-8-15-19-13(9)16-14(20)12-7-11(17-18-12)10-5-3-2-4-6-10/h2-8H,1H3,(H,17,18)(H2,15,16,19,20). The molecule has 0 radical (unpaired) electrons. The lowest BCUT2D eigenvalue weighted by atomic mass is 10.1. The molecule has 6 nitrogen and oxygen atoms in total. The Morgan fingerprint density at radius 3 is 2.70 bits per heavy atom. The molecule has 20 heavy (non-hydrogen) atoms. The normalized spacial score (nSPS) is 10.4. The van der Waals surface area contributed by atoms with Crippen molar-refractivity contribution in [1.29, 1.82) is 0 Å². The Kier molecular flexibility index (Phi) is 3.04. The maximum Gasteiger partial charge on any atom is 0.274 e. The van der Waals surface area contributed by atoms with Gasteiger partial charge in [0.15, 0.2) is 0 Å². The third-order valence-electron chi connectivity index (χ3n) is 2.96. The van der Waals surface area contributed by atoms with Gasteiger partial charge in [0.1, 0.15) is 11.5 Å². The van der Waals surface area contributed by atoms with Gasteiger partial charge in [-0.25, -0.2) is 0 Å². The molecule has 3 rings (SSSR count). The molecule has 1 aromatic carbocycles. The van der Waals surface area contributed by atoms with Gasteiger partial charge >= 0.3 is 0 Å². The van der Waals surface area contributed by atoms with Crippen LogP contribution in [0.1, 0.15) is 16.1 Å². The van der Waals surface area contributed by atoms with Crippen molar-refractivity contribution in [3.8, 4) is 11.3 Å². The van der Waals surface area contributed by atoms with Crippen LogP contribution in [0.3, 0.4) is 0 Å². The molecule has 0 aliphatic rings. The van der Waals surface area contributed by atoms with Crippen LogP contribution in [0.2, 0.25) is 0 Å². The SMILES string of the molecule is Cc1cn[nH]c1NC(=O)c1cc(-c2ccccc2)n[nH]1. The highest BCUT2D eigenvalue weighted by Crippen LogP contribution is 2.17. The van der Waals surface area contributed by atoms with Crippen LogP contribution < -0.4 is 5.32 Å². The van der Waals surface area contributed by atoms with E-state index >= 15 is 0 Å². The van der Waals surface area contributed by atoms with Crippen molar-refractivity contribution in [1.82, 2.24) is 20.4 Å². The van der Waals surface area contributed by atoms with Gasteiger partial charge in [-0.15, -0.1) is 0 Å². The van der Waals surface area contributed by atoms with Crippen molar-refractivity contribution in [2.75, 3.05) is 5.32 Å². The molecule has 0 aliphatic heterocycles. The van der Waals surface area contributed by atoms with Crippen LogP contribution in [0, 0.1) is 6.92 Å². The summed E-state index contributed by atoms with van der Waals surface area (Å²) in [5, 5.41) is 16.2. The number of hydrogen-bond donors (Lipinski definition) is 3. The summed E-state index contributed by atoms with van der Waals surface area (Å²) in [5.41, 5.74) is 2.97. The Labute approximate surface area is 115 Å². The molecule has 6 heteroatoms. The molecule has 0 fully saturated rings. The van der Waals surface area contributed by atoms with Gasteiger partial charge in [-0.2, -0.15) is 10.2 Å². The average molecular weight is 267 g/mol. The predicted octanol–water partition coefficient (Wildman–Crippen LogP) is 2.36. The van der Waals surface area contributed by atoms with Crippen LogP contribution in [0.25, 0.3) is 11.3 Å². The van der Waals surface area contributed by atoms with E-state index in [9.17, 15) is 4.79 Å². The predicted molar refractivity (Wildman–Crippen MR) is 75.3 cm³/mol. The summed E-state index contributed by atoms with van der Waals surface area (Å²) in [7, 11) is 0. The van der Waals surface area contributed by atoms with Gasteiger partial charge in [0.25, 0.3) is 5.91 Å². The molecule has 1 amide bonds. The van der Waals surface area contributed by atoms with E-state index in [0.29, 0.717) is 11.5 Å². The van der Waals surface area contributed by atoms with E-state index in [2.05, 4.69) is 25.7 Å². The first-order chi connectivity index (χ1) is 9.74. The van der Waals surface area contributed by atoms with Gasteiger partial charge in [0, 0.05) is 11.1 Å². The van der Waals surface area contributed by atoms with Gasteiger partial charge in [-0.05, 0) is 13.0 Å². The fourth-order valence-corrected chi connectivity index (χ4v) is 1.85. The van der Waals surface area contributed by atoms with E-state index in [0.717, 1.165) is 16.8 Å². The Balaban J connectivity index is 1.80. The minimum atomic E-state index is -0.257. The van der Waals surface area contributed by atoms with Gasteiger partial charge < -0.3 is 5.32 Å². The summed E-state index contributed by atoms with van der Waals surface area (Å²) in [6, 6.07) is 11.4. The van der Waals surface area contributed by atoms with Gasteiger partial charge in [-0.1, -0.05) is 30.3 Å². The Morgan fingerprint density at radius 2 is 2.00 bits per heavy atom. The number of nitrogens with zero attached hydrogens (tertiary/aromatic N) is 2. The first-order valence-electron chi connectivity index (χ1n) is 6.16. The first-order valence-corrected chi connectivity index (χ1v) is 6.16. The molecule has 2 aromatic heterocycles. The molecule has 0 atom stereocenters. The van der Waals surface area contributed by atoms with Crippen molar-refractivity contribution in [2.45, 2.75) is 6.92 Å². The zero-order chi connectivity index (χ0) is 13.9. The van der Waals surface area contributed by atoms with Gasteiger partial charge in [-0.3, -0.25) is 15.0 Å². The van der Waals surface area contributed by atoms with Crippen molar-refractivity contribution in [2.24, 2.45) is 0 Å². The van der Waals surface area contributed by atoms with Gasteiger partial charge in [0.2, 0.25) is 0 Å². The lowest BCUT2D eigenvalue weighted by molar-refractivity contribution is 0.102. The number of aryl methyl sites for hydroxylation is 1. The number of carbonyl (C=O) groups excluding carboxylic acids is 1. The molecule has 0 bridgehead atoms. The summed E-state index contributed by atoms with van der Waals surface area (Å²) in [5.74, 6) is 0.331. The van der Waals surface area contributed by atoms with Crippen molar-refractivity contribution in [3.05, 3.63) is 53.9 Å². The largest absolute Gasteiger partial charge is 0.305 e. The molecule has 0 saturated carbocycles. The third kappa shape index (κ3) is 2.31. The zero-order valence-electron chi connectivity index (χ0n) is 10.8. The van der Waals surface area contributed by atoms with Crippen molar-refractivity contribution in [3.63, 3.8) is 0 Å². The van der Waals surface area contributed by atoms with E-state index in [1.807, 2.05) is 37.3 Å². The number of hydrogen-bond acceptors (Lipinski definition) is 3. The van der Waals surface area contributed by atoms with Crippen LogP contribution in [-0.2, 0) is 0 Å². The van der Waals surface area contributed by atoms with E-state index in [1.54, 1.807) is 12.3 Å². The summed E-state index contributed by atoms with van der Waals surface area (Å²) in [6.07, 6.45) is 1.65. The Hall–Kier alpha value is -2.89. The minimum absolute atomic E-state index is 0.257. The van der Waals surface area contributed by atoms with Crippen molar-refractivity contribution < 1.29 is 4.79 Å². The molecule has 100 valence electrons. The second-order valence-electron chi connectivity index (χ2n) is 4.42. The number of amides is 1. The molecular formula is C14H13N5O. The van der Waals surface area contributed by atoms with Crippen LogP contribution in [-0.4, -0.2) is 26.3 Å². The summed E-state index contributed by atoms with van der Waals surface area (Å²) in [6.45, 7) is 1.86. The molecule has 0 spiro atoms. The lowest BCUT2D eigenvalue weighted by Crippen LogP contribution is -2.13. The highest BCUT2D eigenvalue weighted by atomic mass is 16.2. The van der Waals surface area contributed by atoms with E-state index in [-0.39, 0.29) is 5.91 Å². The van der Waals surface area contributed by atoms with E-state index in [1.165, 1.54) is 0 Å². The highest BCUT2D eigenvalue weighted by molar-refractivity contribution is 6.03. The molecule has 0 unspecified atom stereocenters. The molecule has 3 aromatic rings. The summed E-state index contributed by atoms with van der Waals surface area (Å²) >= 11 is 0. The lowest BCUT2D eigenvalue weighted by Gasteiger charge is -2.00. The molecule has 2 heterocycles. The zero-order valence-corrected chi connectivity index (χ0v) is 10.8. The fourth-order valence-electron chi connectivity index (χ4n) is 1.85. The molecule has 0 aliphatic carbocycles. The summed E-state index contributed by atoms with van der Waals surface area (Å²) in [4.78, 5) is 12.1. The number of rotatable bonds is 3. The van der Waals surface area contributed by atoms with Crippen LogP contribution in [0.5, 0.6) is 0 Å². The Bertz CT molecular complexity index is 729. The number of aromatic nitrogens is 4. The van der Waals surface area contributed by atoms with Crippen LogP contribution in [0.4, 0.5) is 5.82 Å². The highest BCUT2D eigenvalue weighted by Gasteiger charge is 2.12. The van der Waals surface area contributed by atoms with E-state index < -0.39 is 0 Å². The molecular weight excluding hydrogens is 254 g/mol. The van der Waals surface area contributed by atoms with Crippen molar-refractivity contribution >= 4 is 11.7 Å². The maximum atomic E-state index is 12.1. The Morgan fingerprint density at radius 1 is 1.20 bits per heavy atom. The van der Waals surface area contributed by atoms with Crippen LogP contribution in [0.15, 0.2) is 42.6 Å². The topological polar surface area (TPSA) is 86.5 Å². The molecule has 0 saturated heterocycles.